The molecule has 0 atom stereocenters. The van der Waals surface area contributed by atoms with Crippen LogP contribution in [0.15, 0.2) is 46.7 Å². The average Bonchev–Trinajstić information content (AvgIpc) is 3.43. The summed E-state index contributed by atoms with van der Waals surface area (Å²) >= 11 is 8.30. The fraction of sp³-hybridized carbons (Fsp3) is 0.360. The van der Waals surface area contributed by atoms with Crippen molar-refractivity contribution in [2.24, 2.45) is 0 Å². The van der Waals surface area contributed by atoms with Crippen molar-refractivity contribution in [3.05, 3.63) is 57.1 Å². The molecule has 2 aromatic rings. The number of carbonyl (C=O) groups excluding carboxylic acids is 3. The number of esters is 1. The highest BCUT2D eigenvalue weighted by Gasteiger charge is 2.31. The molecule has 180 valence electrons. The second kappa shape index (κ2) is 13.4. The molecule has 1 N–H and O–H groups in total. The lowest BCUT2D eigenvalue weighted by atomic mass is 10.1. The minimum absolute atomic E-state index is 0.0427. The first-order valence-corrected chi connectivity index (χ1v) is 13.4. The highest BCUT2D eigenvalue weighted by Crippen LogP contribution is 2.33. The van der Waals surface area contributed by atoms with E-state index in [1.807, 2.05) is 30.5 Å². The van der Waals surface area contributed by atoms with E-state index in [9.17, 15) is 14.4 Å². The largest absolute Gasteiger partial charge is 0.462 e. The van der Waals surface area contributed by atoms with Gasteiger partial charge in [0, 0.05) is 23.5 Å². The molecule has 3 rings (SSSR count). The molecule has 34 heavy (non-hydrogen) atoms. The summed E-state index contributed by atoms with van der Waals surface area (Å²) in [5, 5.41) is 4.82. The number of thiocarbonyl (C=S) groups is 1. The van der Waals surface area contributed by atoms with Gasteiger partial charge in [0.1, 0.15) is 4.32 Å². The second-order valence-corrected chi connectivity index (χ2v) is 10.4. The zero-order chi connectivity index (χ0) is 24.3. The summed E-state index contributed by atoms with van der Waals surface area (Å²) in [5.41, 5.74) is 1.11. The van der Waals surface area contributed by atoms with Gasteiger partial charge in [-0.05, 0) is 61.1 Å². The molecule has 0 aliphatic carbocycles. The molecule has 2 heterocycles. The van der Waals surface area contributed by atoms with Crippen molar-refractivity contribution < 1.29 is 19.1 Å². The van der Waals surface area contributed by atoms with Crippen LogP contribution in [0.2, 0.25) is 0 Å². The third kappa shape index (κ3) is 7.78. The van der Waals surface area contributed by atoms with Crippen molar-refractivity contribution in [3.8, 4) is 0 Å². The van der Waals surface area contributed by atoms with Crippen LogP contribution in [0.4, 0.5) is 5.69 Å². The highest BCUT2D eigenvalue weighted by molar-refractivity contribution is 8.26. The van der Waals surface area contributed by atoms with Gasteiger partial charge in [-0.1, -0.05) is 49.8 Å². The maximum Gasteiger partial charge on any atom is 0.338 e. The Bertz CT molecular complexity index is 1030. The van der Waals surface area contributed by atoms with Gasteiger partial charge in [0.05, 0.1) is 17.1 Å². The number of carbonyl (C=O) groups is 3. The highest BCUT2D eigenvalue weighted by atomic mass is 32.2. The van der Waals surface area contributed by atoms with Gasteiger partial charge < -0.3 is 10.1 Å². The molecule has 0 saturated carbocycles. The summed E-state index contributed by atoms with van der Waals surface area (Å²) in [6, 6.07) is 10.6. The summed E-state index contributed by atoms with van der Waals surface area (Å²) in [6.45, 7) is 3.01. The minimum Gasteiger partial charge on any atom is -0.462 e. The van der Waals surface area contributed by atoms with Crippen LogP contribution in [0, 0.1) is 0 Å². The molecule has 1 aliphatic rings. The van der Waals surface area contributed by atoms with E-state index in [0.717, 1.165) is 30.6 Å². The van der Waals surface area contributed by atoms with E-state index in [2.05, 4.69) is 5.32 Å². The first-order valence-electron chi connectivity index (χ1n) is 11.3. The number of benzene rings is 1. The van der Waals surface area contributed by atoms with Crippen molar-refractivity contribution in [1.82, 2.24) is 4.90 Å². The number of anilines is 1. The third-order valence-corrected chi connectivity index (χ3v) is 7.31. The van der Waals surface area contributed by atoms with Crippen LogP contribution in [0.3, 0.4) is 0 Å². The summed E-state index contributed by atoms with van der Waals surface area (Å²) in [7, 11) is 0. The number of unbranched alkanes of at least 4 members (excludes halogenated alkanes) is 3. The van der Waals surface area contributed by atoms with Gasteiger partial charge in [-0.15, -0.1) is 11.3 Å². The SMILES string of the molecule is CCCCOC(=O)c1ccc(NC(=O)CCCCCN2C(=O)/C(=C\c3cccs3)SC2=S)cc1. The lowest BCUT2D eigenvalue weighted by molar-refractivity contribution is -0.122. The summed E-state index contributed by atoms with van der Waals surface area (Å²) in [6.07, 6.45) is 6.39. The van der Waals surface area contributed by atoms with Crippen LogP contribution in [0.25, 0.3) is 6.08 Å². The van der Waals surface area contributed by atoms with Gasteiger partial charge in [-0.25, -0.2) is 4.79 Å². The average molecular weight is 517 g/mol. The molecule has 0 unspecified atom stereocenters. The number of amides is 2. The fourth-order valence-electron chi connectivity index (χ4n) is 3.23. The molecule has 6 nitrogen and oxygen atoms in total. The second-order valence-electron chi connectivity index (χ2n) is 7.77. The smallest absolute Gasteiger partial charge is 0.338 e. The van der Waals surface area contributed by atoms with Gasteiger partial charge in [-0.2, -0.15) is 0 Å². The van der Waals surface area contributed by atoms with Crippen molar-refractivity contribution in [2.75, 3.05) is 18.5 Å². The van der Waals surface area contributed by atoms with E-state index in [4.69, 9.17) is 17.0 Å². The summed E-state index contributed by atoms with van der Waals surface area (Å²) < 4.78 is 5.77. The molecular weight excluding hydrogens is 488 g/mol. The van der Waals surface area contributed by atoms with E-state index in [1.54, 1.807) is 40.5 Å². The van der Waals surface area contributed by atoms with Gasteiger partial charge >= 0.3 is 5.97 Å². The lowest BCUT2D eigenvalue weighted by Gasteiger charge is -2.14. The number of thioether (sulfide) groups is 1. The fourth-order valence-corrected chi connectivity index (χ4v) is 5.26. The Balaban J connectivity index is 1.34. The molecule has 2 amide bonds. The Labute approximate surface area is 213 Å². The van der Waals surface area contributed by atoms with Crippen LogP contribution in [-0.2, 0) is 14.3 Å². The van der Waals surface area contributed by atoms with E-state index < -0.39 is 0 Å². The van der Waals surface area contributed by atoms with Crippen molar-refractivity contribution in [2.45, 2.75) is 45.4 Å². The number of nitrogens with zero attached hydrogens (tertiary/aromatic N) is 1. The predicted octanol–water partition coefficient (Wildman–Crippen LogP) is 6.11. The van der Waals surface area contributed by atoms with E-state index >= 15 is 0 Å². The number of hydrogen-bond donors (Lipinski definition) is 1. The standard InChI is InChI=1S/C25H28N2O4S3/c1-2-3-15-31-24(30)18-10-12-19(13-11-18)26-22(28)9-5-4-6-14-27-23(29)21(34-25(27)32)17-20-8-7-16-33-20/h7-8,10-13,16-17H,2-6,9,14-15H2,1H3,(H,26,28)/b21-17+. The van der Waals surface area contributed by atoms with E-state index in [1.165, 1.54) is 11.8 Å². The molecule has 0 spiro atoms. The van der Waals surface area contributed by atoms with Gasteiger partial charge in [0.25, 0.3) is 5.91 Å². The van der Waals surface area contributed by atoms with Crippen molar-refractivity contribution in [3.63, 3.8) is 0 Å². The van der Waals surface area contributed by atoms with Gasteiger partial charge in [0.2, 0.25) is 5.91 Å². The maximum atomic E-state index is 12.6. The summed E-state index contributed by atoms with van der Waals surface area (Å²) in [4.78, 5) is 40.1. The summed E-state index contributed by atoms with van der Waals surface area (Å²) in [5.74, 6) is -0.476. The van der Waals surface area contributed by atoms with Crippen LogP contribution in [0.5, 0.6) is 0 Å². The molecule has 1 aromatic carbocycles. The Kier molecular flexibility index (Phi) is 10.3. The molecule has 1 saturated heterocycles. The number of thiophene rings is 1. The van der Waals surface area contributed by atoms with E-state index in [0.29, 0.717) is 46.5 Å². The first kappa shape index (κ1) is 26.1. The molecule has 1 aliphatic heterocycles. The normalized spacial score (nSPS) is 14.6. The molecule has 0 radical (unpaired) electrons. The molecular formula is C25H28N2O4S3. The first-order chi connectivity index (χ1) is 16.5. The Morgan fingerprint density at radius 2 is 1.91 bits per heavy atom. The van der Waals surface area contributed by atoms with E-state index in [-0.39, 0.29) is 17.8 Å². The van der Waals surface area contributed by atoms with Crippen LogP contribution < -0.4 is 5.32 Å². The van der Waals surface area contributed by atoms with Crippen molar-refractivity contribution >= 4 is 69.2 Å². The number of rotatable bonds is 12. The molecule has 1 fully saturated rings. The molecule has 9 heteroatoms. The quantitative estimate of drug-likeness (QED) is 0.159. The predicted molar refractivity (Wildman–Crippen MR) is 143 cm³/mol. The molecule has 1 aromatic heterocycles. The Morgan fingerprint density at radius 3 is 2.62 bits per heavy atom. The van der Waals surface area contributed by atoms with Crippen LogP contribution in [0.1, 0.15) is 60.7 Å². The lowest BCUT2D eigenvalue weighted by Crippen LogP contribution is -2.29. The van der Waals surface area contributed by atoms with Crippen LogP contribution >= 0.6 is 35.3 Å². The number of nitrogens with one attached hydrogen (secondary N) is 1. The number of hydrogen-bond acceptors (Lipinski definition) is 7. The minimum atomic E-state index is -0.352. The van der Waals surface area contributed by atoms with Gasteiger partial charge in [-0.3, -0.25) is 14.5 Å². The third-order valence-electron chi connectivity index (χ3n) is 5.11. The zero-order valence-corrected chi connectivity index (χ0v) is 21.5. The van der Waals surface area contributed by atoms with Crippen LogP contribution in [-0.4, -0.2) is 40.2 Å². The van der Waals surface area contributed by atoms with Gasteiger partial charge in [0.15, 0.2) is 0 Å². The topological polar surface area (TPSA) is 75.7 Å². The van der Waals surface area contributed by atoms with Crippen molar-refractivity contribution in [1.29, 1.82) is 0 Å². The maximum absolute atomic E-state index is 12.6. The Morgan fingerprint density at radius 1 is 1.12 bits per heavy atom. The number of ether oxygens (including phenoxy) is 1. The Hall–Kier alpha value is -2.49. The molecule has 0 bridgehead atoms. The monoisotopic (exact) mass is 516 g/mol. The zero-order valence-electron chi connectivity index (χ0n) is 19.1.